The standard InChI is InChI=1S/C46H51N11O4/c1-27-20-30(6-12-35(27)28(2)50-42(59)43-53-44(54-61-43)46(3,4)5)40-36-21-38(51-41(36)49-26-48-40)31-7-13-37(47-22-31)32-24-55(25-32)23-29-14-17-56(18-15-29)33-8-10-34(11-9-33)57-19-16-39(58)52-45(57)60/h6-13,20-22,26,28-29,32H,14-19,23-25H2,1-5H3,(H,50,59)(H,48,49,51)(H,52,58,60). The van der Waals surface area contributed by atoms with Gasteiger partial charge in [0.2, 0.25) is 5.91 Å². The molecule has 0 spiro atoms. The van der Waals surface area contributed by atoms with Gasteiger partial charge in [0.15, 0.2) is 5.82 Å². The molecule has 3 saturated heterocycles. The molecule has 15 heteroatoms. The molecule has 15 nitrogen and oxygen atoms in total. The lowest BCUT2D eigenvalue weighted by Crippen LogP contribution is -2.49. The molecule has 0 aliphatic carbocycles. The first-order chi connectivity index (χ1) is 29.4. The number of hydrogen-bond donors (Lipinski definition) is 3. The summed E-state index contributed by atoms with van der Waals surface area (Å²) in [5.41, 5.74) is 9.22. The first-order valence-electron chi connectivity index (χ1n) is 21.1. The van der Waals surface area contributed by atoms with Gasteiger partial charge in [-0.1, -0.05) is 38.1 Å². The van der Waals surface area contributed by atoms with Crippen LogP contribution in [0.5, 0.6) is 0 Å². The van der Waals surface area contributed by atoms with Crippen molar-refractivity contribution in [3.05, 3.63) is 102 Å². The minimum Gasteiger partial charge on any atom is -0.372 e. The van der Waals surface area contributed by atoms with E-state index < -0.39 is 5.91 Å². The first kappa shape index (κ1) is 40.0. The molecular weight excluding hydrogens is 771 g/mol. The summed E-state index contributed by atoms with van der Waals surface area (Å²) in [6, 6.07) is 20.0. The highest BCUT2D eigenvalue weighted by molar-refractivity contribution is 6.05. The number of anilines is 2. The fraction of sp³-hybridized carbons (Fsp3) is 0.391. The number of imide groups is 1. The van der Waals surface area contributed by atoms with Crippen molar-refractivity contribution in [3.8, 4) is 22.5 Å². The van der Waals surface area contributed by atoms with Gasteiger partial charge in [0.25, 0.3) is 0 Å². The highest BCUT2D eigenvalue weighted by Gasteiger charge is 2.32. The molecule has 6 aromatic rings. The van der Waals surface area contributed by atoms with Crippen LogP contribution in [-0.4, -0.2) is 92.1 Å². The molecule has 0 bridgehead atoms. The molecule has 3 aliphatic heterocycles. The Balaban J connectivity index is 0.773. The van der Waals surface area contributed by atoms with E-state index in [1.807, 2.05) is 65.1 Å². The number of nitrogens with zero attached hydrogens (tertiary/aromatic N) is 8. The SMILES string of the molecule is Cc1cc(-c2ncnc3[nH]c(-c4ccc(C5CN(CC6CCN(c7ccc(N8CCC(=O)NC8=O)cc7)CC6)C5)nc4)cc23)ccc1C(C)NC(=O)c1nc(C(C)(C)C)no1. The maximum Gasteiger partial charge on any atom is 0.328 e. The molecule has 314 valence electrons. The maximum atomic E-state index is 12.9. The molecule has 0 radical (unpaired) electrons. The van der Waals surface area contributed by atoms with Crippen LogP contribution in [0.25, 0.3) is 33.5 Å². The molecule has 7 heterocycles. The van der Waals surface area contributed by atoms with Crippen molar-refractivity contribution in [1.82, 2.24) is 45.6 Å². The van der Waals surface area contributed by atoms with Crippen LogP contribution in [0.15, 0.2) is 77.7 Å². The van der Waals surface area contributed by atoms with E-state index in [1.165, 1.54) is 5.69 Å². The number of pyridine rings is 1. The minimum absolute atomic E-state index is 0.0492. The highest BCUT2D eigenvalue weighted by Crippen LogP contribution is 2.34. The average Bonchev–Trinajstić information content (AvgIpc) is 3.92. The first-order valence-corrected chi connectivity index (χ1v) is 21.1. The lowest BCUT2D eigenvalue weighted by Gasteiger charge is -2.43. The van der Waals surface area contributed by atoms with E-state index >= 15 is 0 Å². The molecule has 0 saturated carbocycles. The summed E-state index contributed by atoms with van der Waals surface area (Å²) in [6.07, 6.45) is 6.15. The molecule has 2 aromatic carbocycles. The summed E-state index contributed by atoms with van der Waals surface area (Å²) >= 11 is 0. The topological polar surface area (TPSA) is 178 Å². The zero-order valence-electron chi connectivity index (χ0n) is 35.2. The maximum absolute atomic E-state index is 12.9. The number of nitrogens with one attached hydrogen (secondary N) is 3. The lowest BCUT2D eigenvalue weighted by molar-refractivity contribution is -0.120. The summed E-state index contributed by atoms with van der Waals surface area (Å²) in [6.45, 7) is 15.5. The van der Waals surface area contributed by atoms with E-state index in [-0.39, 0.29) is 29.3 Å². The van der Waals surface area contributed by atoms with E-state index in [0.29, 0.717) is 30.6 Å². The van der Waals surface area contributed by atoms with E-state index in [9.17, 15) is 14.4 Å². The van der Waals surface area contributed by atoms with Crippen LogP contribution in [-0.2, 0) is 10.2 Å². The number of urea groups is 1. The van der Waals surface area contributed by atoms with Gasteiger partial charge in [-0.15, -0.1) is 0 Å². The van der Waals surface area contributed by atoms with Crippen molar-refractivity contribution >= 4 is 40.3 Å². The summed E-state index contributed by atoms with van der Waals surface area (Å²) < 4.78 is 5.24. The molecule has 1 atom stereocenters. The van der Waals surface area contributed by atoms with Crippen molar-refractivity contribution in [2.45, 2.75) is 71.3 Å². The van der Waals surface area contributed by atoms with Gasteiger partial charge in [0.1, 0.15) is 12.0 Å². The van der Waals surface area contributed by atoms with Gasteiger partial charge in [-0.05, 0) is 92.3 Å². The normalized spacial score (nSPS) is 17.4. The van der Waals surface area contributed by atoms with Gasteiger partial charge in [-0.2, -0.15) is 4.98 Å². The number of fused-ring (bicyclic) bond motifs is 1. The zero-order valence-corrected chi connectivity index (χ0v) is 35.2. The molecular formula is C46H51N11O4. The number of aryl methyl sites for hydroxylation is 1. The summed E-state index contributed by atoms with van der Waals surface area (Å²) in [5.74, 6) is 0.898. The largest absolute Gasteiger partial charge is 0.372 e. The van der Waals surface area contributed by atoms with Crippen LogP contribution in [0.3, 0.4) is 0 Å². The van der Waals surface area contributed by atoms with Crippen molar-refractivity contribution < 1.29 is 18.9 Å². The van der Waals surface area contributed by atoms with Crippen LogP contribution in [0.4, 0.5) is 16.2 Å². The molecule has 61 heavy (non-hydrogen) atoms. The summed E-state index contributed by atoms with van der Waals surface area (Å²) in [7, 11) is 0. The van der Waals surface area contributed by atoms with Crippen LogP contribution >= 0.6 is 0 Å². The number of benzene rings is 2. The second-order valence-corrected chi connectivity index (χ2v) is 17.7. The molecule has 4 amide bonds. The van der Waals surface area contributed by atoms with Crippen LogP contribution in [0.2, 0.25) is 0 Å². The Labute approximate surface area is 354 Å². The number of carbonyl (C=O) groups excluding carboxylic acids is 3. The van der Waals surface area contributed by atoms with E-state index in [0.717, 1.165) is 102 Å². The van der Waals surface area contributed by atoms with Gasteiger partial charge in [-0.3, -0.25) is 24.8 Å². The van der Waals surface area contributed by atoms with Gasteiger partial charge in [0.05, 0.1) is 11.7 Å². The highest BCUT2D eigenvalue weighted by atomic mass is 16.5. The van der Waals surface area contributed by atoms with Crippen LogP contribution in [0, 0.1) is 12.8 Å². The van der Waals surface area contributed by atoms with Gasteiger partial charge in [-0.25, -0.2) is 14.8 Å². The fourth-order valence-electron chi connectivity index (χ4n) is 8.70. The Morgan fingerprint density at radius 2 is 1.69 bits per heavy atom. The second-order valence-electron chi connectivity index (χ2n) is 17.7. The van der Waals surface area contributed by atoms with E-state index in [4.69, 9.17) is 9.51 Å². The molecule has 4 aromatic heterocycles. The van der Waals surface area contributed by atoms with Crippen molar-refractivity contribution in [3.63, 3.8) is 0 Å². The molecule has 9 rings (SSSR count). The lowest BCUT2D eigenvalue weighted by atomic mass is 9.90. The Bertz CT molecular complexity index is 2580. The molecule has 3 fully saturated rings. The number of rotatable bonds is 10. The number of piperidine rings is 1. The third kappa shape index (κ3) is 8.34. The van der Waals surface area contributed by atoms with Crippen molar-refractivity contribution in [2.75, 3.05) is 49.1 Å². The number of aromatic nitrogens is 6. The van der Waals surface area contributed by atoms with Gasteiger partial charge in [0, 0.05) is 102 Å². The molecule has 1 unspecified atom stereocenters. The predicted octanol–water partition coefficient (Wildman–Crippen LogP) is 6.93. The van der Waals surface area contributed by atoms with Crippen LogP contribution in [0.1, 0.15) is 92.2 Å². The third-order valence-corrected chi connectivity index (χ3v) is 12.3. The van der Waals surface area contributed by atoms with Crippen molar-refractivity contribution in [1.29, 1.82) is 0 Å². The smallest absolute Gasteiger partial charge is 0.328 e. The zero-order chi connectivity index (χ0) is 42.4. The monoisotopic (exact) mass is 821 g/mol. The number of H-pyrrole nitrogens is 1. The Kier molecular flexibility index (Phi) is 10.6. The molecule has 3 N–H and O–H groups in total. The number of carbonyl (C=O) groups is 3. The number of aromatic amines is 1. The van der Waals surface area contributed by atoms with Crippen molar-refractivity contribution in [2.24, 2.45) is 5.92 Å². The number of amides is 4. The fourth-order valence-corrected chi connectivity index (χ4v) is 8.70. The average molecular weight is 822 g/mol. The second kappa shape index (κ2) is 16.2. The quantitative estimate of drug-likeness (QED) is 0.131. The summed E-state index contributed by atoms with van der Waals surface area (Å²) in [5, 5.41) is 10.3. The van der Waals surface area contributed by atoms with Crippen LogP contribution < -0.4 is 20.4 Å². The number of likely N-dealkylation sites (tertiary alicyclic amines) is 1. The minimum atomic E-state index is -0.410. The van der Waals surface area contributed by atoms with Gasteiger partial charge < -0.3 is 24.6 Å². The predicted molar refractivity (Wildman–Crippen MR) is 232 cm³/mol. The Morgan fingerprint density at radius 3 is 2.38 bits per heavy atom. The Hall–Kier alpha value is -6.48. The Morgan fingerprint density at radius 1 is 0.934 bits per heavy atom. The van der Waals surface area contributed by atoms with E-state index in [1.54, 1.807) is 11.2 Å². The number of hydrogen-bond acceptors (Lipinski definition) is 11. The van der Waals surface area contributed by atoms with Gasteiger partial charge >= 0.3 is 17.8 Å². The molecule has 3 aliphatic rings. The summed E-state index contributed by atoms with van der Waals surface area (Å²) in [4.78, 5) is 65.2. The van der Waals surface area contributed by atoms with E-state index in [2.05, 4.69) is 81.9 Å². The third-order valence-electron chi connectivity index (χ3n) is 12.3.